The van der Waals surface area contributed by atoms with E-state index in [-0.39, 0.29) is 11.3 Å². The molecule has 0 spiro atoms. The van der Waals surface area contributed by atoms with Gasteiger partial charge in [0.1, 0.15) is 5.56 Å². The lowest BCUT2D eigenvalue weighted by molar-refractivity contribution is 0.0596. The summed E-state index contributed by atoms with van der Waals surface area (Å²) in [4.78, 5) is 11.1. The van der Waals surface area contributed by atoms with Crippen molar-refractivity contribution in [1.29, 1.82) is 0 Å². The molecule has 1 rings (SSSR count). The molecule has 0 aliphatic carbocycles. The molecule has 0 aliphatic rings. The Hall–Kier alpha value is -1.71. The van der Waals surface area contributed by atoms with Crippen LogP contribution in [0.2, 0.25) is 0 Å². The van der Waals surface area contributed by atoms with Gasteiger partial charge in [-0.1, -0.05) is 6.07 Å². The minimum atomic E-state index is -0.661. The molecule has 0 bridgehead atoms. The van der Waals surface area contributed by atoms with Gasteiger partial charge in [-0.2, -0.15) is 0 Å². The molecule has 1 aromatic rings. The van der Waals surface area contributed by atoms with E-state index in [1.165, 1.54) is 19.2 Å². The molecule has 0 fully saturated rings. The second-order valence-corrected chi connectivity index (χ2v) is 2.62. The molecule has 0 atom stereocenters. The van der Waals surface area contributed by atoms with E-state index in [9.17, 15) is 9.90 Å². The maximum atomic E-state index is 11.1. The number of phenols is 2. The van der Waals surface area contributed by atoms with Gasteiger partial charge in [-0.25, -0.2) is 4.79 Å². The third-order valence-corrected chi connectivity index (χ3v) is 1.75. The van der Waals surface area contributed by atoms with Crippen LogP contribution in [0.5, 0.6) is 11.5 Å². The van der Waals surface area contributed by atoms with Crippen LogP contribution in [0.1, 0.15) is 15.9 Å². The smallest absolute Gasteiger partial charge is 0.342 e. The number of hydrogen-bond donors (Lipinski definition) is 2. The summed E-state index contributed by atoms with van der Waals surface area (Å²) in [6.45, 7) is 1.64. The fraction of sp³-hybridized carbons (Fsp3) is 0.222. The van der Waals surface area contributed by atoms with E-state index >= 15 is 0 Å². The van der Waals surface area contributed by atoms with Crippen LogP contribution in [0.3, 0.4) is 0 Å². The number of hydrogen-bond acceptors (Lipinski definition) is 4. The highest BCUT2D eigenvalue weighted by Gasteiger charge is 2.17. The van der Waals surface area contributed by atoms with Crippen LogP contribution in [0.4, 0.5) is 0 Å². The van der Waals surface area contributed by atoms with Crippen LogP contribution in [0.25, 0.3) is 0 Å². The SMILES string of the molecule is COC(=O)c1c(C)ccc(O)c1O. The predicted molar refractivity (Wildman–Crippen MR) is 45.8 cm³/mol. The molecule has 4 nitrogen and oxygen atoms in total. The number of carbonyl (C=O) groups excluding carboxylic acids is 1. The summed E-state index contributed by atoms with van der Waals surface area (Å²) >= 11 is 0. The van der Waals surface area contributed by atoms with E-state index < -0.39 is 11.7 Å². The zero-order valence-corrected chi connectivity index (χ0v) is 7.37. The Kier molecular flexibility index (Phi) is 2.41. The molecule has 0 saturated heterocycles. The van der Waals surface area contributed by atoms with Crippen LogP contribution < -0.4 is 0 Å². The first kappa shape index (κ1) is 9.38. The zero-order valence-electron chi connectivity index (χ0n) is 7.37. The maximum absolute atomic E-state index is 11.1. The number of ether oxygens (including phenoxy) is 1. The van der Waals surface area contributed by atoms with Crippen molar-refractivity contribution in [3.05, 3.63) is 23.3 Å². The van der Waals surface area contributed by atoms with Crippen molar-refractivity contribution >= 4 is 5.97 Å². The molecule has 13 heavy (non-hydrogen) atoms. The van der Waals surface area contributed by atoms with Gasteiger partial charge in [-0.05, 0) is 18.6 Å². The number of carbonyl (C=O) groups is 1. The molecule has 0 saturated carbocycles. The summed E-state index contributed by atoms with van der Waals surface area (Å²) in [5.41, 5.74) is 0.560. The summed E-state index contributed by atoms with van der Waals surface area (Å²) < 4.78 is 4.44. The van der Waals surface area contributed by atoms with Gasteiger partial charge < -0.3 is 14.9 Å². The van der Waals surface area contributed by atoms with Gasteiger partial charge in [0.2, 0.25) is 0 Å². The molecular weight excluding hydrogens is 172 g/mol. The second kappa shape index (κ2) is 3.35. The van der Waals surface area contributed by atoms with Crippen LogP contribution in [-0.4, -0.2) is 23.3 Å². The molecule has 1 aromatic carbocycles. The monoisotopic (exact) mass is 182 g/mol. The van der Waals surface area contributed by atoms with Gasteiger partial charge in [0.15, 0.2) is 11.5 Å². The normalized spacial score (nSPS) is 9.69. The summed E-state index contributed by atoms with van der Waals surface area (Å²) in [6, 6.07) is 2.85. The molecule has 0 unspecified atom stereocenters. The van der Waals surface area contributed by atoms with Crippen LogP contribution in [0.15, 0.2) is 12.1 Å². The molecule has 0 heterocycles. The van der Waals surface area contributed by atoms with Crippen molar-refractivity contribution in [2.24, 2.45) is 0 Å². The van der Waals surface area contributed by atoms with Gasteiger partial charge >= 0.3 is 5.97 Å². The third-order valence-electron chi connectivity index (χ3n) is 1.75. The molecule has 70 valence electrons. The topological polar surface area (TPSA) is 66.8 Å². The molecule has 2 N–H and O–H groups in total. The van der Waals surface area contributed by atoms with Crippen molar-refractivity contribution in [3.8, 4) is 11.5 Å². The largest absolute Gasteiger partial charge is 0.504 e. The van der Waals surface area contributed by atoms with Crippen molar-refractivity contribution in [3.63, 3.8) is 0 Å². The van der Waals surface area contributed by atoms with Gasteiger partial charge in [-0.3, -0.25) is 0 Å². The standard InChI is InChI=1S/C9H10O4/c1-5-3-4-6(10)8(11)7(5)9(12)13-2/h3-4,10-11H,1-2H3. The number of rotatable bonds is 1. The molecule has 0 aliphatic heterocycles. The highest BCUT2D eigenvalue weighted by atomic mass is 16.5. The second-order valence-electron chi connectivity index (χ2n) is 2.62. The quantitative estimate of drug-likeness (QED) is 0.505. The minimum Gasteiger partial charge on any atom is -0.504 e. The van der Waals surface area contributed by atoms with Crippen molar-refractivity contribution in [1.82, 2.24) is 0 Å². The Labute approximate surface area is 75.4 Å². The van der Waals surface area contributed by atoms with E-state index in [0.717, 1.165) is 0 Å². The van der Waals surface area contributed by atoms with Gasteiger partial charge in [0, 0.05) is 0 Å². The summed E-state index contributed by atoms with van der Waals surface area (Å²) in [6.07, 6.45) is 0. The lowest BCUT2D eigenvalue weighted by Crippen LogP contribution is -2.04. The summed E-state index contributed by atoms with van der Waals surface area (Å²) in [5, 5.41) is 18.4. The molecule has 0 radical (unpaired) electrons. The fourth-order valence-corrected chi connectivity index (χ4v) is 1.04. The van der Waals surface area contributed by atoms with Crippen molar-refractivity contribution in [2.75, 3.05) is 7.11 Å². The number of phenolic OH excluding ortho intramolecular Hbond substituents is 2. The average molecular weight is 182 g/mol. The number of aromatic hydroxyl groups is 2. The zero-order chi connectivity index (χ0) is 10.0. The van der Waals surface area contributed by atoms with Crippen molar-refractivity contribution < 1.29 is 19.7 Å². The van der Waals surface area contributed by atoms with E-state index in [4.69, 9.17) is 5.11 Å². The Morgan fingerprint density at radius 2 is 2.00 bits per heavy atom. The molecule has 0 amide bonds. The first-order valence-electron chi connectivity index (χ1n) is 3.67. The number of aryl methyl sites for hydroxylation is 1. The highest BCUT2D eigenvalue weighted by Crippen LogP contribution is 2.31. The Balaban J connectivity index is 3.33. The minimum absolute atomic E-state index is 0.00231. The van der Waals surface area contributed by atoms with Gasteiger partial charge in [-0.15, -0.1) is 0 Å². The van der Waals surface area contributed by atoms with E-state index in [1.54, 1.807) is 6.92 Å². The van der Waals surface area contributed by atoms with Gasteiger partial charge in [0.05, 0.1) is 7.11 Å². The lowest BCUT2D eigenvalue weighted by atomic mass is 10.1. The average Bonchev–Trinajstić information content (AvgIpc) is 2.12. The van der Waals surface area contributed by atoms with Crippen LogP contribution in [0, 0.1) is 6.92 Å². The van der Waals surface area contributed by atoms with Crippen LogP contribution in [-0.2, 0) is 4.74 Å². The first-order valence-corrected chi connectivity index (χ1v) is 3.67. The number of benzene rings is 1. The van der Waals surface area contributed by atoms with E-state index in [2.05, 4.69) is 4.74 Å². The number of methoxy groups -OCH3 is 1. The lowest BCUT2D eigenvalue weighted by Gasteiger charge is -2.06. The predicted octanol–water partition coefficient (Wildman–Crippen LogP) is 1.19. The number of esters is 1. The fourth-order valence-electron chi connectivity index (χ4n) is 1.04. The Morgan fingerprint density at radius 3 is 2.54 bits per heavy atom. The van der Waals surface area contributed by atoms with E-state index in [0.29, 0.717) is 5.56 Å². The Morgan fingerprint density at radius 1 is 1.38 bits per heavy atom. The Bertz CT molecular complexity index is 344. The molecular formula is C9H10O4. The maximum Gasteiger partial charge on any atom is 0.342 e. The van der Waals surface area contributed by atoms with Crippen molar-refractivity contribution in [2.45, 2.75) is 6.92 Å². The summed E-state index contributed by atoms with van der Waals surface area (Å²) in [7, 11) is 1.21. The third kappa shape index (κ3) is 1.56. The van der Waals surface area contributed by atoms with Crippen LogP contribution >= 0.6 is 0 Å². The van der Waals surface area contributed by atoms with E-state index in [1.807, 2.05) is 0 Å². The van der Waals surface area contributed by atoms with Gasteiger partial charge in [0.25, 0.3) is 0 Å². The summed E-state index contributed by atoms with van der Waals surface area (Å²) in [5.74, 6) is -1.43. The molecule has 0 aromatic heterocycles. The molecule has 4 heteroatoms. The highest BCUT2D eigenvalue weighted by molar-refractivity contribution is 5.94. The first-order chi connectivity index (χ1) is 6.07.